The summed E-state index contributed by atoms with van der Waals surface area (Å²) in [5, 5.41) is 6.79. The smallest absolute Gasteiger partial charge is 0.191 e. The lowest BCUT2D eigenvalue weighted by molar-refractivity contribution is 0.0203. The maximum Gasteiger partial charge on any atom is 0.191 e. The highest BCUT2D eigenvalue weighted by Gasteiger charge is 2.15. The second-order valence-corrected chi connectivity index (χ2v) is 7.43. The minimum atomic E-state index is 0.689. The molecule has 2 aliphatic heterocycles. The van der Waals surface area contributed by atoms with E-state index in [0.717, 1.165) is 77.2 Å². The normalized spacial score (nSPS) is 21.4. The molecule has 2 saturated heterocycles. The van der Waals surface area contributed by atoms with Crippen molar-refractivity contribution in [3.05, 3.63) is 0 Å². The largest absolute Gasteiger partial charge is 0.381 e. The van der Waals surface area contributed by atoms with Crippen LogP contribution in [0.5, 0.6) is 0 Å². The molecule has 0 aromatic carbocycles. The Labute approximate surface area is 153 Å². The lowest BCUT2D eigenvalue weighted by atomic mass is 9.99. The molecule has 146 valence electrons. The third-order valence-electron chi connectivity index (χ3n) is 5.27. The molecule has 0 aromatic heterocycles. The molecule has 2 fully saturated rings. The van der Waals surface area contributed by atoms with Crippen molar-refractivity contribution in [2.75, 3.05) is 66.2 Å². The van der Waals surface area contributed by atoms with Gasteiger partial charge in [-0.2, -0.15) is 0 Å². The molecule has 0 spiro atoms. The Morgan fingerprint density at radius 1 is 1.12 bits per heavy atom. The number of piperidine rings is 1. The summed E-state index contributed by atoms with van der Waals surface area (Å²) in [7, 11) is 1.83. The zero-order valence-corrected chi connectivity index (χ0v) is 16.3. The van der Waals surface area contributed by atoms with Crippen LogP contribution >= 0.6 is 0 Å². The van der Waals surface area contributed by atoms with Crippen molar-refractivity contribution < 1.29 is 9.47 Å². The van der Waals surface area contributed by atoms with Crippen molar-refractivity contribution in [1.29, 1.82) is 0 Å². The fourth-order valence-electron chi connectivity index (χ4n) is 3.38. The molecule has 0 bridgehead atoms. The van der Waals surface area contributed by atoms with Crippen molar-refractivity contribution in [1.82, 2.24) is 15.5 Å². The Morgan fingerprint density at radius 3 is 2.56 bits per heavy atom. The van der Waals surface area contributed by atoms with Crippen molar-refractivity contribution in [2.24, 2.45) is 16.8 Å². The molecule has 0 atom stereocenters. The second kappa shape index (κ2) is 12.5. The Morgan fingerprint density at radius 2 is 1.84 bits per heavy atom. The van der Waals surface area contributed by atoms with Gasteiger partial charge in [0.15, 0.2) is 5.96 Å². The molecule has 6 nitrogen and oxygen atoms in total. The van der Waals surface area contributed by atoms with E-state index in [-0.39, 0.29) is 0 Å². The van der Waals surface area contributed by atoms with Gasteiger partial charge in [0.2, 0.25) is 0 Å². The SMILES string of the molecule is CN=C(NCCCOCC1CCOCC1)NCCN1CCC(C)CC1. The van der Waals surface area contributed by atoms with Crippen LogP contribution in [0.3, 0.4) is 0 Å². The van der Waals surface area contributed by atoms with Crippen LogP contribution in [-0.4, -0.2) is 77.1 Å². The van der Waals surface area contributed by atoms with Crippen molar-refractivity contribution in [3.63, 3.8) is 0 Å². The van der Waals surface area contributed by atoms with Gasteiger partial charge in [-0.05, 0) is 57.0 Å². The first kappa shape index (κ1) is 20.5. The predicted octanol–water partition coefficient (Wildman–Crippen LogP) is 1.72. The Bertz CT molecular complexity index is 364. The average molecular weight is 355 g/mol. The summed E-state index contributed by atoms with van der Waals surface area (Å²) < 4.78 is 11.2. The van der Waals surface area contributed by atoms with Crippen molar-refractivity contribution in [2.45, 2.75) is 39.0 Å². The van der Waals surface area contributed by atoms with Gasteiger partial charge in [-0.1, -0.05) is 6.92 Å². The van der Waals surface area contributed by atoms with Gasteiger partial charge >= 0.3 is 0 Å². The number of hydrogen-bond donors (Lipinski definition) is 2. The Hall–Kier alpha value is -0.850. The summed E-state index contributed by atoms with van der Waals surface area (Å²) in [6.07, 6.45) is 5.96. The predicted molar refractivity (Wildman–Crippen MR) is 103 cm³/mol. The van der Waals surface area contributed by atoms with Crippen LogP contribution in [0.2, 0.25) is 0 Å². The molecule has 2 N–H and O–H groups in total. The summed E-state index contributed by atoms with van der Waals surface area (Å²) in [6.45, 7) is 11.3. The molecule has 25 heavy (non-hydrogen) atoms. The average Bonchev–Trinajstić information content (AvgIpc) is 2.65. The van der Waals surface area contributed by atoms with E-state index < -0.39 is 0 Å². The molecule has 0 unspecified atom stereocenters. The van der Waals surface area contributed by atoms with E-state index in [4.69, 9.17) is 9.47 Å². The van der Waals surface area contributed by atoms with Gasteiger partial charge in [0, 0.05) is 53.1 Å². The third kappa shape index (κ3) is 8.88. The first-order valence-electron chi connectivity index (χ1n) is 10.1. The molecule has 6 heteroatoms. The van der Waals surface area contributed by atoms with E-state index in [1.54, 1.807) is 0 Å². The quantitative estimate of drug-likeness (QED) is 0.375. The van der Waals surface area contributed by atoms with E-state index in [1.807, 2.05) is 7.05 Å². The van der Waals surface area contributed by atoms with Gasteiger partial charge in [-0.15, -0.1) is 0 Å². The standard InChI is InChI=1S/C19H38N4O2/c1-17-4-10-23(11-5-17)12-9-22-19(20-2)21-8-3-13-25-16-18-6-14-24-15-7-18/h17-18H,3-16H2,1-2H3,(H2,20,21,22). The number of ether oxygens (including phenoxy) is 2. The lowest BCUT2D eigenvalue weighted by Crippen LogP contribution is -2.43. The Kier molecular flexibility index (Phi) is 10.2. The molecule has 0 radical (unpaired) electrons. The number of rotatable bonds is 9. The third-order valence-corrected chi connectivity index (χ3v) is 5.27. The highest BCUT2D eigenvalue weighted by Crippen LogP contribution is 2.15. The van der Waals surface area contributed by atoms with Gasteiger partial charge < -0.3 is 25.0 Å². The summed E-state index contributed by atoms with van der Waals surface area (Å²) in [6, 6.07) is 0. The number of likely N-dealkylation sites (tertiary alicyclic amines) is 1. The summed E-state index contributed by atoms with van der Waals surface area (Å²) >= 11 is 0. The van der Waals surface area contributed by atoms with Crippen LogP contribution in [0.15, 0.2) is 4.99 Å². The molecule has 2 heterocycles. The summed E-state index contributed by atoms with van der Waals surface area (Å²) in [4.78, 5) is 6.84. The monoisotopic (exact) mass is 354 g/mol. The van der Waals surface area contributed by atoms with Crippen LogP contribution in [0.25, 0.3) is 0 Å². The van der Waals surface area contributed by atoms with Gasteiger partial charge in [-0.3, -0.25) is 4.99 Å². The van der Waals surface area contributed by atoms with Crippen LogP contribution in [0.1, 0.15) is 39.0 Å². The molecule has 0 aliphatic carbocycles. The second-order valence-electron chi connectivity index (χ2n) is 7.43. The van der Waals surface area contributed by atoms with E-state index in [1.165, 1.54) is 25.9 Å². The summed E-state index contributed by atoms with van der Waals surface area (Å²) in [5.41, 5.74) is 0. The van der Waals surface area contributed by atoms with Crippen molar-refractivity contribution in [3.8, 4) is 0 Å². The fourth-order valence-corrected chi connectivity index (χ4v) is 3.38. The van der Waals surface area contributed by atoms with E-state index in [0.29, 0.717) is 5.92 Å². The fraction of sp³-hybridized carbons (Fsp3) is 0.947. The molecule has 0 amide bonds. The molecular formula is C19H38N4O2. The first-order chi connectivity index (χ1) is 12.3. The maximum absolute atomic E-state index is 5.80. The number of aliphatic imine (C=N–C) groups is 1. The highest BCUT2D eigenvalue weighted by atomic mass is 16.5. The van der Waals surface area contributed by atoms with Gasteiger partial charge in [0.25, 0.3) is 0 Å². The van der Waals surface area contributed by atoms with Gasteiger partial charge in [0.1, 0.15) is 0 Å². The molecule has 2 aliphatic rings. The number of nitrogens with one attached hydrogen (secondary N) is 2. The molecule has 0 aromatic rings. The zero-order chi connectivity index (χ0) is 17.7. The van der Waals surface area contributed by atoms with Crippen molar-refractivity contribution >= 4 is 5.96 Å². The van der Waals surface area contributed by atoms with Crippen LogP contribution < -0.4 is 10.6 Å². The highest BCUT2D eigenvalue weighted by molar-refractivity contribution is 5.79. The topological polar surface area (TPSA) is 58.1 Å². The maximum atomic E-state index is 5.80. The van der Waals surface area contributed by atoms with E-state index in [9.17, 15) is 0 Å². The Balaban J connectivity index is 1.43. The number of hydrogen-bond acceptors (Lipinski definition) is 4. The molecule has 2 rings (SSSR count). The van der Waals surface area contributed by atoms with Gasteiger partial charge in [0.05, 0.1) is 0 Å². The number of guanidine groups is 1. The first-order valence-corrected chi connectivity index (χ1v) is 10.1. The van der Waals surface area contributed by atoms with Crippen LogP contribution in [-0.2, 0) is 9.47 Å². The molecular weight excluding hydrogens is 316 g/mol. The van der Waals surface area contributed by atoms with Crippen LogP contribution in [0, 0.1) is 11.8 Å². The number of nitrogens with zero attached hydrogens (tertiary/aromatic N) is 2. The minimum Gasteiger partial charge on any atom is -0.381 e. The lowest BCUT2D eigenvalue weighted by Gasteiger charge is -2.30. The summed E-state index contributed by atoms with van der Waals surface area (Å²) in [5.74, 6) is 2.48. The van der Waals surface area contributed by atoms with Gasteiger partial charge in [-0.25, -0.2) is 0 Å². The zero-order valence-electron chi connectivity index (χ0n) is 16.3. The minimum absolute atomic E-state index is 0.689. The van der Waals surface area contributed by atoms with E-state index >= 15 is 0 Å². The van der Waals surface area contributed by atoms with Crippen LogP contribution in [0.4, 0.5) is 0 Å². The molecule has 0 saturated carbocycles. The van der Waals surface area contributed by atoms with E-state index in [2.05, 4.69) is 27.4 Å².